The minimum atomic E-state index is -0.314. The molecule has 4 heteroatoms. The van der Waals surface area contributed by atoms with Crippen LogP contribution in [0.25, 0.3) is 0 Å². The van der Waals surface area contributed by atoms with Gasteiger partial charge in [-0.05, 0) is 43.1 Å². The molecule has 1 heterocycles. The average Bonchev–Trinajstić information content (AvgIpc) is 2.44. The fourth-order valence-electron chi connectivity index (χ4n) is 1.82. The molecule has 1 aromatic heterocycles. The van der Waals surface area contributed by atoms with Gasteiger partial charge in [-0.1, -0.05) is 13.0 Å². The monoisotopic (exact) mass is 274 g/mol. The van der Waals surface area contributed by atoms with Crippen molar-refractivity contribution < 1.29 is 9.13 Å². The first-order chi connectivity index (χ1) is 9.69. The largest absolute Gasteiger partial charge is 0.439 e. The van der Waals surface area contributed by atoms with Gasteiger partial charge in [-0.2, -0.15) is 0 Å². The number of hydrogen-bond acceptors (Lipinski definition) is 3. The van der Waals surface area contributed by atoms with E-state index in [2.05, 4.69) is 17.2 Å². The zero-order valence-corrected chi connectivity index (χ0v) is 11.8. The van der Waals surface area contributed by atoms with E-state index >= 15 is 0 Å². The van der Waals surface area contributed by atoms with Crippen molar-refractivity contribution in [3.05, 3.63) is 53.5 Å². The molecule has 0 aliphatic carbocycles. The Morgan fingerprint density at radius 1 is 1.25 bits per heavy atom. The molecule has 20 heavy (non-hydrogen) atoms. The van der Waals surface area contributed by atoms with Gasteiger partial charge in [0, 0.05) is 24.9 Å². The fourth-order valence-corrected chi connectivity index (χ4v) is 1.82. The van der Waals surface area contributed by atoms with Crippen LogP contribution < -0.4 is 10.1 Å². The van der Waals surface area contributed by atoms with Crippen LogP contribution in [-0.4, -0.2) is 11.5 Å². The van der Waals surface area contributed by atoms with Gasteiger partial charge in [0.2, 0.25) is 5.88 Å². The molecule has 1 N–H and O–H groups in total. The lowest BCUT2D eigenvalue weighted by molar-refractivity contribution is 0.453. The van der Waals surface area contributed by atoms with E-state index in [0.717, 1.165) is 30.6 Å². The number of rotatable bonds is 6. The third-order valence-electron chi connectivity index (χ3n) is 2.92. The second kappa shape index (κ2) is 7.01. The molecule has 0 amide bonds. The SMILES string of the molecule is CCCNCc1ccnc(Oc2cc(F)ccc2C)c1. The summed E-state index contributed by atoms with van der Waals surface area (Å²) < 4.78 is 18.9. The summed E-state index contributed by atoms with van der Waals surface area (Å²) in [6.07, 6.45) is 2.80. The van der Waals surface area contributed by atoms with E-state index in [0.29, 0.717) is 11.6 Å². The summed E-state index contributed by atoms with van der Waals surface area (Å²) in [5.74, 6) is 0.664. The van der Waals surface area contributed by atoms with Crippen LogP contribution >= 0.6 is 0 Å². The van der Waals surface area contributed by atoms with E-state index in [1.165, 1.54) is 12.1 Å². The number of aromatic nitrogens is 1. The van der Waals surface area contributed by atoms with Crippen molar-refractivity contribution in [3.63, 3.8) is 0 Å². The Morgan fingerprint density at radius 3 is 2.90 bits per heavy atom. The van der Waals surface area contributed by atoms with E-state index in [-0.39, 0.29) is 5.82 Å². The van der Waals surface area contributed by atoms with Crippen LogP contribution in [0.5, 0.6) is 11.6 Å². The van der Waals surface area contributed by atoms with E-state index in [4.69, 9.17) is 4.74 Å². The maximum Gasteiger partial charge on any atom is 0.219 e. The lowest BCUT2D eigenvalue weighted by atomic mass is 10.2. The van der Waals surface area contributed by atoms with Crippen molar-refractivity contribution in [2.45, 2.75) is 26.8 Å². The zero-order valence-electron chi connectivity index (χ0n) is 11.8. The maximum atomic E-state index is 13.2. The number of pyridine rings is 1. The first kappa shape index (κ1) is 14.5. The molecule has 0 radical (unpaired) electrons. The van der Waals surface area contributed by atoms with Gasteiger partial charge < -0.3 is 10.1 Å². The summed E-state index contributed by atoms with van der Waals surface area (Å²) in [5.41, 5.74) is 1.97. The Morgan fingerprint density at radius 2 is 2.10 bits per heavy atom. The molecule has 106 valence electrons. The van der Waals surface area contributed by atoms with Gasteiger partial charge in [0.1, 0.15) is 11.6 Å². The van der Waals surface area contributed by atoms with Crippen molar-refractivity contribution in [3.8, 4) is 11.6 Å². The molecule has 2 aromatic rings. The standard InChI is InChI=1S/C16H19FN2O/c1-3-7-18-11-13-6-8-19-16(9-13)20-15-10-14(17)5-4-12(15)2/h4-6,8-10,18H,3,7,11H2,1-2H3. The van der Waals surface area contributed by atoms with E-state index < -0.39 is 0 Å². The summed E-state index contributed by atoms with van der Waals surface area (Å²) in [7, 11) is 0. The van der Waals surface area contributed by atoms with Crippen molar-refractivity contribution in [2.75, 3.05) is 6.54 Å². The molecule has 0 atom stereocenters. The van der Waals surface area contributed by atoms with Gasteiger partial charge in [-0.25, -0.2) is 9.37 Å². The minimum Gasteiger partial charge on any atom is -0.439 e. The zero-order chi connectivity index (χ0) is 14.4. The number of ether oxygens (including phenoxy) is 1. The molecule has 1 aromatic carbocycles. The van der Waals surface area contributed by atoms with Crippen LogP contribution in [0.2, 0.25) is 0 Å². The Labute approximate surface area is 118 Å². The molecule has 0 saturated heterocycles. The van der Waals surface area contributed by atoms with Gasteiger partial charge in [-0.3, -0.25) is 0 Å². The molecular weight excluding hydrogens is 255 g/mol. The van der Waals surface area contributed by atoms with E-state index in [1.54, 1.807) is 12.3 Å². The molecule has 3 nitrogen and oxygen atoms in total. The number of aryl methyl sites for hydroxylation is 1. The number of nitrogens with zero attached hydrogens (tertiary/aromatic N) is 1. The predicted molar refractivity (Wildman–Crippen MR) is 77.4 cm³/mol. The Balaban J connectivity index is 2.09. The van der Waals surface area contributed by atoms with Gasteiger partial charge in [-0.15, -0.1) is 0 Å². The summed E-state index contributed by atoms with van der Waals surface area (Å²) in [4.78, 5) is 4.16. The number of benzene rings is 1. The normalized spacial score (nSPS) is 10.6. The molecule has 0 aliphatic heterocycles. The van der Waals surface area contributed by atoms with Crippen LogP contribution in [0.3, 0.4) is 0 Å². The number of hydrogen-bond donors (Lipinski definition) is 1. The lowest BCUT2D eigenvalue weighted by Gasteiger charge is -2.09. The van der Waals surface area contributed by atoms with Crippen LogP contribution in [-0.2, 0) is 6.54 Å². The van der Waals surface area contributed by atoms with Crippen molar-refractivity contribution in [2.24, 2.45) is 0 Å². The van der Waals surface area contributed by atoms with Crippen molar-refractivity contribution in [1.82, 2.24) is 10.3 Å². The molecule has 0 unspecified atom stereocenters. The topological polar surface area (TPSA) is 34.2 Å². The highest BCUT2D eigenvalue weighted by Crippen LogP contribution is 2.24. The van der Waals surface area contributed by atoms with Crippen LogP contribution in [0.15, 0.2) is 36.5 Å². The first-order valence-corrected chi connectivity index (χ1v) is 6.78. The number of halogens is 1. The molecule has 0 saturated carbocycles. The van der Waals surface area contributed by atoms with Crippen molar-refractivity contribution >= 4 is 0 Å². The first-order valence-electron chi connectivity index (χ1n) is 6.78. The highest BCUT2D eigenvalue weighted by Gasteiger charge is 2.05. The summed E-state index contributed by atoms with van der Waals surface area (Å²) in [6.45, 7) is 5.75. The summed E-state index contributed by atoms with van der Waals surface area (Å²) in [6, 6.07) is 8.29. The Kier molecular flexibility index (Phi) is 5.07. The van der Waals surface area contributed by atoms with Gasteiger partial charge in [0.05, 0.1) is 0 Å². The maximum absolute atomic E-state index is 13.2. The summed E-state index contributed by atoms with van der Waals surface area (Å²) >= 11 is 0. The predicted octanol–water partition coefficient (Wildman–Crippen LogP) is 3.82. The molecule has 0 bridgehead atoms. The number of nitrogens with one attached hydrogen (secondary N) is 1. The second-order valence-electron chi connectivity index (χ2n) is 4.69. The molecule has 0 fully saturated rings. The minimum absolute atomic E-state index is 0.314. The lowest BCUT2D eigenvalue weighted by Crippen LogP contribution is -2.13. The highest BCUT2D eigenvalue weighted by atomic mass is 19.1. The van der Waals surface area contributed by atoms with Gasteiger partial charge in [0.15, 0.2) is 0 Å². The third kappa shape index (κ3) is 4.03. The second-order valence-corrected chi connectivity index (χ2v) is 4.69. The van der Waals surface area contributed by atoms with Crippen LogP contribution in [0.4, 0.5) is 4.39 Å². The average molecular weight is 274 g/mol. The highest BCUT2D eigenvalue weighted by molar-refractivity contribution is 5.36. The van der Waals surface area contributed by atoms with Gasteiger partial charge >= 0.3 is 0 Å². The smallest absolute Gasteiger partial charge is 0.219 e. The third-order valence-corrected chi connectivity index (χ3v) is 2.92. The Bertz CT molecular complexity index is 572. The van der Waals surface area contributed by atoms with E-state index in [1.807, 2.05) is 19.1 Å². The Hall–Kier alpha value is -1.94. The molecule has 0 aliphatic rings. The van der Waals surface area contributed by atoms with Gasteiger partial charge in [0.25, 0.3) is 0 Å². The fraction of sp³-hybridized carbons (Fsp3) is 0.312. The molecule has 0 spiro atoms. The van der Waals surface area contributed by atoms with Crippen LogP contribution in [0, 0.1) is 12.7 Å². The van der Waals surface area contributed by atoms with Crippen LogP contribution in [0.1, 0.15) is 24.5 Å². The molecular formula is C16H19FN2O. The quantitative estimate of drug-likeness (QED) is 0.813. The van der Waals surface area contributed by atoms with E-state index in [9.17, 15) is 4.39 Å². The molecule has 2 rings (SSSR count). The summed E-state index contributed by atoms with van der Waals surface area (Å²) in [5, 5.41) is 3.32. The van der Waals surface area contributed by atoms with Crippen molar-refractivity contribution in [1.29, 1.82) is 0 Å².